The van der Waals surface area contributed by atoms with E-state index in [-0.39, 0.29) is 5.69 Å². The zero-order valence-corrected chi connectivity index (χ0v) is 12.1. The van der Waals surface area contributed by atoms with E-state index in [0.29, 0.717) is 9.24 Å². The van der Waals surface area contributed by atoms with E-state index in [1.807, 2.05) is 24.3 Å². The summed E-state index contributed by atoms with van der Waals surface area (Å²) in [4.78, 5) is 4.86. The van der Waals surface area contributed by atoms with E-state index in [1.54, 1.807) is 6.07 Å². The summed E-state index contributed by atoms with van der Waals surface area (Å²) in [5, 5.41) is 0. The zero-order chi connectivity index (χ0) is 15.0. The van der Waals surface area contributed by atoms with Crippen LogP contribution in [0.4, 0.5) is 18.9 Å². The molecule has 7 heteroatoms. The molecule has 0 atom stereocenters. The number of thiazole rings is 1. The number of hydrogen-bond donors (Lipinski definition) is 1. The number of para-hydroxylation sites is 1. The number of benzene rings is 2. The Morgan fingerprint density at radius 1 is 1.10 bits per heavy atom. The van der Waals surface area contributed by atoms with E-state index >= 15 is 0 Å². The summed E-state index contributed by atoms with van der Waals surface area (Å²) < 4.78 is 40.2. The first-order valence-corrected chi connectivity index (χ1v) is 7.57. The molecule has 0 amide bonds. The highest BCUT2D eigenvalue weighted by atomic mass is 32.2. The SMILES string of the molecule is Nc1ccc(Sc2nc3ccccc3s2)cc1C(F)(F)F. The molecule has 2 aromatic carbocycles. The lowest BCUT2D eigenvalue weighted by Crippen LogP contribution is -2.08. The molecule has 0 aliphatic rings. The van der Waals surface area contributed by atoms with Gasteiger partial charge in [0.2, 0.25) is 0 Å². The quantitative estimate of drug-likeness (QED) is 0.670. The van der Waals surface area contributed by atoms with Gasteiger partial charge in [-0.1, -0.05) is 23.9 Å². The van der Waals surface area contributed by atoms with E-state index in [2.05, 4.69) is 4.98 Å². The highest BCUT2D eigenvalue weighted by Gasteiger charge is 2.33. The van der Waals surface area contributed by atoms with Crippen molar-refractivity contribution in [2.75, 3.05) is 5.73 Å². The summed E-state index contributed by atoms with van der Waals surface area (Å²) in [5.41, 5.74) is 5.15. The van der Waals surface area contributed by atoms with Crippen molar-refractivity contribution in [3.05, 3.63) is 48.0 Å². The Balaban J connectivity index is 1.94. The lowest BCUT2D eigenvalue weighted by atomic mass is 10.2. The second kappa shape index (κ2) is 5.23. The fraction of sp³-hybridized carbons (Fsp3) is 0.0714. The van der Waals surface area contributed by atoms with E-state index in [4.69, 9.17) is 5.73 Å². The molecular weight excluding hydrogens is 317 g/mol. The number of nitrogens with zero attached hydrogens (tertiary/aromatic N) is 1. The van der Waals surface area contributed by atoms with Crippen LogP contribution in [0.15, 0.2) is 51.7 Å². The third kappa shape index (κ3) is 2.98. The van der Waals surface area contributed by atoms with Crippen LogP contribution in [0.25, 0.3) is 10.2 Å². The van der Waals surface area contributed by atoms with Gasteiger partial charge in [-0.25, -0.2) is 4.98 Å². The minimum absolute atomic E-state index is 0.267. The van der Waals surface area contributed by atoms with Crippen molar-refractivity contribution < 1.29 is 13.2 Å². The second-order valence-electron chi connectivity index (χ2n) is 4.30. The van der Waals surface area contributed by atoms with Crippen molar-refractivity contribution in [1.82, 2.24) is 4.98 Å². The summed E-state index contributed by atoms with van der Waals surface area (Å²) in [5.74, 6) is 0. The molecule has 1 heterocycles. The van der Waals surface area contributed by atoms with Gasteiger partial charge < -0.3 is 5.73 Å². The van der Waals surface area contributed by atoms with Gasteiger partial charge in [0, 0.05) is 10.6 Å². The van der Waals surface area contributed by atoms with Gasteiger partial charge >= 0.3 is 6.18 Å². The molecule has 2 nitrogen and oxygen atoms in total. The lowest BCUT2D eigenvalue weighted by molar-refractivity contribution is -0.137. The summed E-state index contributed by atoms with van der Waals surface area (Å²) in [7, 11) is 0. The Hall–Kier alpha value is -1.73. The summed E-state index contributed by atoms with van der Waals surface area (Å²) in [6, 6.07) is 11.5. The average molecular weight is 326 g/mol. The van der Waals surface area contributed by atoms with Crippen molar-refractivity contribution in [3.63, 3.8) is 0 Å². The first-order valence-electron chi connectivity index (χ1n) is 5.93. The fourth-order valence-electron chi connectivity index (χ4n) is 1.84. The van der Waals surface area contributed by atoms with E-state index in [1.165, 1.54) is 29.2 Å². The van der Waals surface area contributed by atoms with Crippen molar-refractivity contribution in [1.29, 1.82) is 0 Å². The first kappa shape index (κ1) is 14.2. The van der Waals surface area contributed by atoms with Gasteiger partial charge in [-0.05, 0) is 30.3 Å². The number of alkyl halides is 3. The van der Waals surface area contributed by atoms with Crippen molar-refractivity contribution in [2.45, 2.75) is 15.4 Å². The minimum Gasteiger partial charge on any atom is -0.398 e. The molecule has 0 bridgehead atoms. The molecule has 3 rings (SSSR count). The van der Waals surface area contributed by atoms with Gasteiger partial charge in [-0.3, -0.25) is 0 Å². The second-order valence-corrected chi connectivity index (χ2v) is 6.65. The molecule has 0 saturated heterocycles. The molecule has 0 aliphatic carbocycles. The average Bonchev–Trinajstić information content (AvgIpc) is 2.82. The van der Waals surface area contributed by atoms with Gasteiger partial charge in [-0.15, -0.1) is 11.3 Å². The van der Waals surface area contributed by atoms with Gasteiger partial charge in [0.05, 0.1) is 15.8 Å². The summed E-state index contributed by atoms with van der Waals surface area (Å²) >= 11 is 2.65. The first-order chi connectivity index (χ1) is 9.93. The largest absolute Gasteiger partial charge is 0.418 e. The molecule has 0 spiro atoms. The fourth-order valence-corrected chi connectivity index (χ4v) is 3.92. The number of anilines is 1. The van der Waals surface area contributed by atoms with Crippen LogP contribution in [0.5, 0.6) is 0 Å². The number of hydrogen-bond acceptors (Lipinski definition) is 4. The number of nitrogen functional groups attached to an aromatic ring is 1. The molecule has 108 valence electrons. The Labute approximate surface area is 126 Å². The molecule has 0 saturated carbocycles. The van der Waals surface area contributed by atoms with Gasteiger partial charge in [0.1, 0.15) is 0 Å². The number of halogens is 3. The normalized spacial score (nSPS) is 12.0. The Bertz CT molecular complexity index is 763. The predicted octanol–water partition coefficient (Wildman–Crippen LogP) is 5.05. The molecule has 3 aromatic rings. The van der Waals surface area contributed by atoms with Crippen molar-refractivity contribution >= 4 is 39.0 Å². The Kier molecular flexibility index (Phi) is 3.54. The Morgan fingerprint density at radius 3 is 2.57 bits per heavy atom. The maximum atomic E-state index is 12.8. The maximum Gasteiger partial charge on any atom is 0.418 e. The number of rotatable bonds is 2. The Morgan fingerprint density at radius 2 is 1.86 bits per heavy atom. The van der Waals surface area contributed by atoms with Crippen LogP contribution in [-0.2, 0) is 6.18 Å². The maximum absolute atomic E-state index is 12.8. The van der Waals surface area contributed by atoms with Crippen LogP contribution < -0.4 is 5.73 Å². The minimum atomic E-state index is -4.45. The smallest absolute Gasteiger partial charge is 0.398 e. The molecule has 0 fully saturated rings. The lowest BCUT2D eigenvalue weighted by Gasteiger charge is -2.10. The zero-order valence-electron chi connectivity index (χ0n) is 10.5. The molecule has 0 radical (unpaired) electrons. The third-order valence-electron chi connectivity index (χ3n) is 2.81. The van der Waals surface area contributed by atoms with Crippen LogP contribution in [-0.4, -0.2) is 4.98 Å². The molecule has 0 unspecified atom stereocenters. The number of fused-ring (bicyclic) bond motifs is 1. The van der Waals surface area contributed by atoms with Crippen LogP contribution in [0.3, 0.4) is 0 Å². The topological polar surface area (TPSA) is 38.9 Å². The van der Waals surface area contributed by atoms with Gasteiger partial charge in [0.15, 0.2) is 4.34 Å². The molecule has 21 heavy (non-hydrogen) atoms. The monoisotopic (exact) mass is 326 g/mol. The van der Waals surface area contributed by atoms with Gasteiger partial charge in [0.25, 0.3) is 0 Å². The van der Waals surface area contributed by atoms with Crippen LogP contribution >= 0.6 is 23.1 Å². The summed E-state index contributed by atoms with van der Waals surface area (Å²) in [6.07, 6.45) is -4.45. The highest BCUT2D eigenvalue weighted by molar-refractivity contribution is 8.01. The standard InChI is InChI=1S/C14H9F3N2S2/c15-14(16,17)9-7-8(5-6-10(9)18)20-13-19-11-3-1-2-4-12(11)21-13/h1-7H,18H2. The predicted molar refractivity (Wildman–Crippen MR) is 79.6 cm³/mol. The van der Waals surface area contributed by atoms with Crippen molar-refractivity contribution in [3.8, 4) is 0 Å². The molecule has 1 aromatic heterocycles. The number of aromatic nitrogens is 1. The van der Waals surface area contributed by atoms with Crippen LogP contribution in [0, 0.1) is 0 Å². The van der Waals surface area contributed by atoms with Crippen molar-refractivity contribution in [2.24, 2.45) is 0 Å². The van der Waals surface area contributed by atoms with Crippen LogP contribution in [0.2, 0.25) is 0 Å². The summed E-state index contributed by atoms with van der Waals surface area (Å²) in [6.45, 7) is 0. The highest BCUT2D eigenvalue weighted by Crippen LogP contribution is 2.39. The molecule has 0 aliphatic heterocycles. The molecular formula is C14H9F3N2S2. The van der Waals surface area contributed by atoms with Crippen LogP contribution in [0.1, 0.15) is 5.56 Å². The molecule has 2 N–H and O–H groups in total. The number of nitrogens with two attached hydrogens (primary N) is 1. The van der Waals surface area contributed by atoms with Gasteiger partial charge in [-0.2, -0.15) is 13.2 Å². The van der Waals surface area contributed by atoms with E-state index in [0.717, 1.165) is 16.3 Å². The van der Waals surface area contributed by atoms with E-state index < -0.39 is 11.7 Å². The third-order valence-corrected chi connectivity index (χ3v) is 4.90. The van der Waals surface area contributed by atoms with E-state index in [9.17, 15) is 13.2 Å².